The van der Waals surface area contributed by atoms with Gasteiger partial charge in [0, 0.05) is 20.1 Å². The Kier molecular flexibility index (Phi) is 4.12. The highest BCUT2D eigenvalue weighted by Crippen LogP contribution is 2.01. The van der Waals surface area contributed by atoms with E-state index in [0.717, 1.165) is 6.42 Å². The average molecular weight is 198 g/mol. The summed E-state index contributed by atoms with van der Waals surface area (Å²) in [5, 5.41) is 0. The van der Waals surface area contributed by atoms with Crippen LogP contribution in [0.25, 0.3) is 0 Å². The van der Waals surface area contributed by atoms with Gasteiger partial charge < -0.3 is 14.5 Å². The molecule has 1 N–H and O–H groups in total. The summed E-state index contributed by atoms with van der Waals surface area (Å²) in [5.41, 5.74) is -0.195. The molecule has 0 unspecified atom stereocenters. The fourth-order valence-corrected chi connectivity index (χ4v) is 1.01. The number of nitrogens with one attached hydrogen (secondary N) is 1. The summed E-state index contributed by atoms with van der Waals surface area (Å²) in [7, 11) is 1.63. The van der Waals surface area contributed by atoms with Crippen LogP contribution in [0, 0.1) is 6.92 Å². The van der Waals surface area contributed by atoms with Gasteiger partial charge in [0.05, 0.1) is 12.7 Å². The van der Waals surface area contributed by atoms with Crippen LogP contribution in [0.1, 0.15) is 12.2 Å². The van der Waals surface area contributed by atoms with Crippen molar-refractivity contribution in [3.63, 3.8) is 0 Å². The molecule has 0 saturated heterocycles. The number of ether oxygens (including phenoxy) is 2. The predicted octanol–water partition coefficient (Wildman–Crippen LogP) is 0.494. The van der Waals surface area contributed by atoms with E-state index in [-0.39, 0.29) is 5.56 Å². The van der Waals surface area contributed by atoms with E-state index in [9.17, 15) is 4.79 Å². The minimum Gasteiger partial charge on any atom is -0.477 e. The molecular weight excluding hydrogens is 184 g/mol. The van der Waals surface area contributed by atoms with Crippen LogP contribution in [0.3, 0.4) is 0 Å². The summed E-state index contributed by atoms with van der Waals surface area (Å²) in [5.74, 6) is 0.918. The van der Waals surface area contributed by atoms with Crippen molar-refractivity contribution in [1.29, 1.82) is 0 Å². The molecule has 1 aromatic heterocycles. The Balaban J connectivity index is 2.46. The molecule has 0 radical (unpaired) electrons. The summed E-state index contributed by atoms with van der Waals surface area (Å²) in [6.45, 7) is 2.86. The van der Waals surface area contributed by atoms with Crippen molar-refractivity contribution in [2.45, 2.75) is 13.3 Å². The SMILES string of the molecule is COCCCOc1cc(=O)[nH]c(C)n1. The van der Waals surface area contributed by atoms with Crippen molar-refractivity contribution >= 4 is 0 Å². The van der Waals surface area contributed by atoms with Crippen molar-refractivity contribution in [1.82, 2.24) is 9.97 Å². The maximum absolute atomic E-state index is 11.0. The molecule has 5 nitrogen and oxygen atoms in total. The number of methoxy groups -OCH3 is 1. The van der Waals surface area contributed by atoms with E-state index in [1.165, 1.54) is 6.07 Å². The topological polar surface area (TPSA) is 64.2 Å². The Hall–Kier alpha value is -1.36. The van der Waals surface area contributed by atoms with Gasteiger partial charge in [-0.1, -0.05) is 0 Å². The van der Waals surface area contributed by atoms with E-state index in [1.807, 2.05) is 0 Å². The van der Waals surface area contributed by atoms with Gasteiger partial charge in [0.2, 0.25) is 5.88 Å². The largest absolute Gasteiger partial charge is 0.477 e. The second-order valence-corrected chi connectivity index (χ2v) is 2.86. The fourth-order valence-electron chi connectivity index (χ4n) is 1.01. The lowest BCUT2D eigenvalue weighted by molar-refractivity contribution is 0.170. The van der Waals surface area contributed by atoms with Gasteiger partial charge in [0.15, 0.2) is 0 Å². The van der Waals surface area contributed by atoms with Gasteiger partial charge in [0.25, 0.3) is 5.56 Å². The molecule has 0 saturated carbocycles. The highest BCUT2D eigenvalue weighted by molar-refractivity contribution is 5.07. The number of hydrogen-bond acceptors (Lipinski definition) is 4. The zero-order chi connectivity index (χ0) is 10.4. The van der Waals surface area contributed by atoms with Crippen molar-refractivity contribution < 1.29 is 9.47 Å². The van der Waals surface area contributed by atoms with Gasteiger partial charge in [-0.25, -0.2) is 4.98 Å². The minimum absolute atomic E-state index is 0.195. The molecule has 14 heavy (non-hydrogen) atoms. The number of nitrogens with zero attached hydrogens (tertiary/aromatic N) is 1. The normalized spacial score (nSPS) is 10.1. The highest BCUT2D eigenvalue weighted by atomic mass is 16.5. The van der Waals surface area contributed by atoms with E-state index in [2.05, 4.69) is 9.97 Å². The average Bonchev–Trinajstić information content (AvgIpc) is 2.11. The van der Waals surface area contributed by atoms with Crippen LogP contribution in [-0.4, -0.2) is 30.3 Å². The first-order valence-corrected chi connectivity index (χ1v) is 4.42. The monoisotopic (exact) mass is 198 g/mol. The number of aromatic nitrogens is 2. The molecule has 1 rings (SSSR count). The summed E-state index contributed by atoms with van der Waals surface area (Å²) < 4.78 is 10.1. The molecule has 0 spiro atoms. The quantitative estimate of drug-likeness (QED) is 0.699. The third-order valence-electron chi connectivity index (χ3n) is 1.58. The molecule has 0 aliphatic rings. The Morgan fingerprint density at radius 3 is 2.93 bits per heavy atom. The third kappa shape index (κ3) is 3.57. The first-order chi connectivity index (χ1) is 6.72. The second-order valence-electron chi connectivity index (χ2n) is 2.86. The molecule has 5 heteroatoms. The van der Waals surface area contributed by atoms with Gasteiger partial charge in [-0.2, -0.15) is 0 Å². The Bertz CT molecular complexity index is 335. The van der Waals surface area contributed by atoms with Crippen molar-refractivity contribution in [2.75, 3.05) is 20.3 Å². The van der Waals surface area contributed by atoms with Gasteiger partial charge in [-0.15, -0.1) is 0 Å². The lowest BCUT2D eigenvalue weighted by atomic mass is 10.5. The molecule has 0 amide bonds. The second kappa shape index (κ2) is 5.39. The fraction of sp³-hybridized carbons (Fsp3) is 0.556. The summed E-state index contributed by atoms with van der Waals surface area (Å²) in [6.07, 6.45) is 0.782. The molecule has 0 aliphatic carbocycles. The first-order valence-electron chi connectivity index (χ1n) is 4.42. The number of aromatic amines is 1. The molecule has 0 atom stereocenters. The van der Waals surface area contributed by atoms with Crippen LogP contribution in [-0.2, 0) is 4.74 Å². The maximum Gasteiger partial charge on any atom is 0.254 e. The molecule has 0 aliphatic heterocycles. The number of hydrogen-bond donors (Lipinski definition) is 1. The van der Waals surface area contributed by atoms with Crippen molar-refractivity contribution in [3.05, 3.63) is 22.2 Å². The molecular formula is C9H14N2O3. The van der Waals surface area contributed by atoms with E-state index < -0.39 is 0 Å². The van der Waals surface area contributed by atoms with Crippen LogP contribution in [0.5, 0.6) is 5.88 Å². The van der Waals surface area contributed by atoms with Crippen LogP contribution in [0.15, 0.2) is 10.9 Å². The Labute approximate surface area is 82.1 Å². The van der Waals surface area contributed by atoms with E-state index in [4.69, 9.17) is 9.47 Å². The maximum atomic E-state index is 11.0. The van der Waals surface area contributed by atoms with Gasteiger partial charge >= 0.3 is 0 Å². The summed E-state index contributed by atoms with van der Waals surface area (Å²) in [6, 6.07) is 1.33. The van der Waals surface area contributed by atoms with Crippen molar-refractivity contribution in [3.8, 4) is 5.88 Å². The first kappa shape index (κ1) is 10.7. The van der Waals surface area contributed by atoms with E-state index >= 15 is 0 Å². The number of rotatable bonds is 5. The molecule has 0 fully saturated rings. The van der Waals surface area contributed by atoms with Gasteiger partial charge in [0.1, 0.15) is 5.82 Å². The van der Waals surface area contributed by atoms with E-state index in [0.29, 0.717) is 24.9 Å². The minimum atomic E-state index is -0.195. The van der Waals surface area contributed by atoms with Crippen LogP contribution >= 0.6 is 0 Å². The molecule has 1 aromatic rings. The van der Waals surface area contributed by atoms with Crippen LogP contribution in [0.2, 0.25) is 0 Å². The smallest absolute Gasteiger partial charge is 0.254 e. The lowest BCUT2D eigenvalue weighted by Crippen LogP contribution is -2.11. The van der Waals surface area contributed by atoms with Gasteiger partial charge in [-0.05, 0) is 6.92 Å². The Morgan fingerprint density at radius 1 is 1.50 bits per heavy atom. The zero-order valence-electron chi connectivity index (χ0n) is 8.37. The summed E-state index contributed by atoms with van der Waals surface area (Å²) in [4.78, 5) is 17.6. The lowest BCUT2D eigenvalue weighted by Gasteiger charge is -2.04. The standard InChI is InChI=1S/C9H14N2O3/c1-7-10-8(12)6-9(11-7)14-5-3-4-13-2/h6H,3-5H2,1-2H3,(H,10,11,12). The van der Waals surface area contributed by atoms with Crippen LogP contribution < -0.4 is 10.3 Å². The third-order valence-corrected chi connectivity index (χ3v) is 1.58. The molecule has 0 aromatic carbocycles. The predicted molar refractivity (Wildman–Crippen MR) is 51.6 cm³/mol. The molecule has 78 valence electrons. The van der Waals surface area contributed by atoms with Gasteiger partial charge in [-0.3, -0.25) is 4.79 Å². The zero-order valence-corrected chi connectivity index (χ0v) is 8.37. The van der Waals surface area contributed by atoms with Crippen molar-refractivity contribution in [2.24, 2.45) is 0 Å². The molecule has 0 bridgehead atoms. The summed E-state index contributed by atoms with van der Waals surface area (Å²) >= 11 is 0. The highest BCUT2D eigenvalue weighted by Gasteiger charge is 1.98. The number of aryl methyl sites for hydroxylation is 1. The van der Waals surface area contributed by atoms with Crippen LogP contribution in [0.4, 0.5) is 0 Å². The number of H-pyrrole nitrogens is 1. The Morgan fingerprint density at radius 2 is 2.29 bits per heavy atom. The van der Waals surface area contributed by atoms with E-state index in [1.54, 1.807) is 14.0 Å². The molecule has 1 heterocycles.